The van der Waals surface area contributed by atoms with E-state index in [0.717, 1.165) is 11.1 Å². The Balaban J connectivity index is 2.03. The number of carbonyl (C=O) groups excluding carboxylic acids is 3. The Bertz CT molecular complexity index is 940. The first-order chi connectivity index (χ1) is 13.4. The van der Waals surface area contributed by atoms with Gasteiger partial charge in [-0.25, -0.2) is 4.99 Å². The minimum atomic E-state index is -1.10. The molecular formula is C21H22N4O3. The van der Waals surface area contributed by atoms with E-state index in [1.807, 2.05) is 54.6 Å². The lowest BCUT2D eigenvalue weighted by molar-refractivity contribution is -0.131. The molecule has 7 heteroatoms. The van der Waals surface area contributed by atoms with Crippen molar-refractivity contribution in [1.82, 2.24) is 5.32 Å². The lowest BCUT2D eigenvalue weighted by Crippen LogP contribution is -2.47. The molecule has 0 bridgehead atoms. The predicted octanol–water partition coefficient (Wildman–Crippen LogP) is 1.45. The number of nitrogens with one attached hydrogen (secondary N) is 1. The molecule has 1 heterocycles. The van der Waals surface area contributed by atoms with Crippen LogP contribution in [-0.2, 0) is 14.4 Å². The number of rotatable bonds is 5. The van der Waals surface area contributed by atoms with E-state index in [2.05, 4.69) is 10.3 Å². The van der Waals surface area contributed by atoms with Crippen molar-refractivity contribution in [3.63, 3.8) is 0 Å². The number of benzene rings is 2. The van der Waals surface area contributed by atoms with E-state index >= 15 is 0 Å². The van der Waals surface area contributed by atoms with E-state index in [1.54, 1.807) is 14.0 Å². The zero-order valence-electron chi connectivity index (χ0n) is 15.8. The Morgan fingerprint density at radius 2 is 1.79 bits per heavy atom. The maximum Gasteiger partial charge on any atom is 0.272 e. The van der Waals surface area contributed by atoms with Crippen LogP contribution in [0.5, 0.6) is 0 Å². The molecule has 2 aromatic rings. The maximum absolute atomic E-state index is 13.0. The Morgan fingerprint density at radius 3 is 2.46 bits per heavy atom. The van der Waals surface area contributed by atoms with Gasteiger partial charge < -0.3 is 16.0 Å². The van der Waals surface area contributed by atoms with Crippen LogP contribution in [0, 0.1) is 5.92 Å². The summed E-state index contributed by atoms with van der Waals surface area (Å²) < 4.78 is 0. The summed E-state index contributed by atoms with van der Waals surface area (Å²) in [4.78, 5) is 42.6. The molecule has 1 aliphatic heterocycles. The van der Waals surface area contributed by atoms with Gasteiger partial charge in [0.15, 0.2) is 0 Å². The summed E-state index contributed by atoms with van der Waals surface area (Å²) in [6, 6.07) is 16.9. The second kappa shape index (κ2) is 8.04. The summed E-state index contributed by atoms with van der Waals surface area (Å²) in [6.07, 6.45) is -1.20. The second-order valence-corrected chi connectivity index (χ2v) is 6.74. The van der Waals surface area contributed by atoms with Crippen LogP contribution in [0.4, 0.5) is 5.69 Å². The number of nitrogens with zero attached hydrogens (tertiary/aromatic N) is 2. The fourth-order valence-electron chi connectivity index (χ4n) is 3.11. The van der Waals surface area contributed by atoms with Gasteiger partial charge in [0, 0.05) is 30.5 Å². The molecule has 0 saturated heterocycles. The molecule has 28 heavy (non-hydrogen) atoms. The fourth-order valence-corrected chi connectivity index (χ4v) is 3.11. The number of likely N-dealkylation sites (N-methyl/N-ethyl adjacent to an activating group) is 1. The number of fused-ring (bicyclic) bond motifs is 1. The molecule has 0 spiro atoms. The Labute approximate surface area is 163 Å². The van der Waals surface area contributed by atoms with Crippen molar-refractivity contribution in [3.05, 3.63) is 65.7 Å². The second-order valence-electron chi connectivity index (χ2n) is 6.74. The van der Waals surface area contributed by atoms with Gasteiger partial charge in [0.1, 0.15) is 0 Å². The van der Waals surface area contributed by atoms with Crippen LogP contribution in [-0.4, -0.2) is 36.6 Å². The van der Waals surface area contributed by atoms with E-state index in [0.29, 0.717) is 11.4 Å². The molecule has 2 atom stereocenters. The number of aliphatic imine (C=N–C) groups is 1. The van der Waals surface area contributed by atoms with Crippen LogP contribution in [0.25, 0.3) is 0 Å². The van der Waals surface area contributed by atoms with Gasteiger partial charge in [-0.3, -0.25) is 14.4 Å². The number of amides is 3. The van der Waals surface area contributed by atoms with Crippen molar-refractivity contribution in [2.45, 2.75) is 19.5 Å². The molecule has 0 aliphatic carbocycles. The lowest BCUT2D eigenvalue weighted by atomic mass is 10.0. The molecule has 0 aromatic heterocycles. The average molecular weight is 378 g/mol. The van der Waals surface area contributed by atoms with Gasteiger partial charge in [-0.1, -0.05) is 55.5 Å². The number of primary amides is 1. The third kappa shape index (κ3) is 3.93. The van der Waals surface area contributed by atoms with Crippen LogP contribution in [0.15, 0.2) is 59.6 Å². The number of hydrogen-bond acceptors (Lipinski definition) is 4. The molecular weight excluding hydrogens is 356 g/mol. The van der Waals surface area contributed by atoms with Crippen molar-refractivity contribution < 1.29 is 14.4 Å². The monoisotopic (exact) mass is 378 g/mol. The van der Waals surface area contributed by atoms with Crippen LogP contribution >= 0.6 is 0 Å². The quantitative estimate of drug-likeness (QED) is 0.823. The highest BCUT2D eigenvalue weighted by Crippen LogP contribution is 2.27. The number of carbonyl (C=O) groups is 3. The molecule has 0 radical (unpaired) electrons. The van der Waals surface area contributed by atoms with Crippen molar-refractivity contribution in [2.75, 3.05) is 11.9 Å². The van der Waals surface area contributed by atoms with E-state index in [4.69, 9.17) is 5.73 Å². The maximum atomic E-state index is 13.0. The summed E-state index contributed by atoms with van der Waals surface area (Å²) in [6.45, 7) is 1.58. The molecule has 1 unspecified atom stereocenters. The van der Waals surface area contributed by atoms with Gasteiger partial charge in [0.2, 0.25) is 18.0 Å². The number of nitrogens with two attached hydrogens (primary N) is 1. The third-order valence-corrected chi connectivity index (χ3v) is 4.62. The van der Waals surface area contributed by atoms with E-state index in [-0.39, 0.29) is 12.3 Å². The summed E-state index contributed by atoms with van der Waals surface area (Å²) in [5.41, 5.74) is 8.12. The van der Waals surface area contributed by atoms with Crippen LogP contribution < -0.4 is 16.0 Å². The fraction of sp³-hybridized carbons (Fsp3) is 0.238. The molecule has 3 rings (SSSR count). The molecule has 2 aromatic carbocycles. The van der Waals surface area contributed by atoms with E-state index < -0.39 is 23.9 Å². The molecule has 3 N–H and O–H groups in total. The summed E-state index contributed by atoms with van der Waals surface area (Å²) in [5.74, 6) is -2.05. The topological polar surface area (TPSA) is 105 Å². The zero-order valence-corrected chi connectivity index (χ0v) is 15.8. The highest BCUT2D eigenvalue weighted by Gasteiger charge is 2.31. The molecule has 0 saturated carbocycles. The lowest BCUT2D eigenvalue weighted by Gasteiger charge is -2.21. The van der Waals surface area contributed by atoms with Crippen molar-refractivity contribution >= 4 is 29.1 Å². The number of hydrogen-bond donors (Lipinski definition) is 2. The normalized spacial score (nSPS) is 17.2. The Morgan fingerprint density at radius 1 is 1.14 bits per heavy atom. The highest BCUT2D eigenvalue weighted by atomic mass is 16.2. The smallest absolute Gasteiger partial charge is 0.272 e. The zero-order chi connectivity index (χ0) is 20.3. The van der Waals surface area contributed by atoms with Gasteiger partial charge in [0.05, 0.1) is 11.4 Å². The predicted molar refractivity (Wildman–Crippen MR) is 107 cm³/mol. The first-order valence-corrected chi connectivity index (χ1v) is 8.97. The molecule has 7 nitrogen and oxygen atoms in total. The molecule has 1 aliphatic rings. The molecule has 144 valence electrons. The minimum Gasteiger partial charge on any atom is -0.370 e. The van der Waals surface area contributed by atoms with Crippen molar-refractivity contribution in [1.29, 1.82) is 0 Å². The molecule has 0 fully saturated rings. The average Bonchev–Trinajstić information content (AvgIpc) is 2.79. The third-order valence-electron chi connectivity index (χ3n) is 4.62. The van der Waals surface area contributed by atoms with E-state index in [1.165, 1.54) is 4.90 Å². The van der Waals surface area contributed by atoms with Crippen molar-refractivity contribution in [3.8, 4) is 0 Å². The van der Waals surface area contributed by atoms with Gasteiger partial charge in [-0.15, -0.1) is 0 Å². The first-order valence-electron chi connectivity index (χ1n) is 8.97. The van der Waals surface area contributed by atoms with Gasteiger partial charge in [-0.2, -0.15) is 0 Å². The summed E-state index contributed by atoms with van der Waals surface area (Å²) >= 11 is 0. The van der Waals surface area contributed by atoms with Crippen LogP contribution in [0.2, 0.25) is 0 Å². The Hall–Kier alpha value is -3.48. The Kier molecular flexibility index (Phi) is 5.54. The summed E-state index contributed by atoms with van der Waals surface area (Å²) in [7, 11) is 1.65. The molecule has 3 amide bonds. The van der Waals surface area contributed by atoms with Crippen LogP contribution in [0.1, 0.15) is 24.5 Å². The van der Waals surface area contributed by atoms with Gasteiger partial charge in [-0.05, 0) is 6.07 Å². The summed E-state index contributed by atoms with van der Waals surface area (Å²) in [5, 5.41) is 2.65. The van der Waals surface area contributed by atoms with Gasteiger partial charge >= 0.3 is 0 Å². The number of benzodiazepines with no additional fused rings is 1. The SMILES string of the molecule is C[C@H](CC(N)=O)C(=O)NC1N=C(c2ccccc2)c2ccccc2N(C)C1=O. The number of para-hydroxylation sites is 1. The highest BCUT2D eigenvalue weighted by molar-refractivity contribution is 6.20. The van der Waals surface area contributed by atoms with Gasteiger partial charge in [0.25, 0.3) is 5.91 Å². The number of anilines is 1. The minimum absolute atomic E-state index is 0.0991. The van der Waals surface area contributed by atoms with E-state index in [9.17, 15) is 14.4 Å². The largest absolute Gasteiger partial charge is 0.370 e. The van der Waals surface area contributed by atoms with Crippen molar-refractivity contribution in [2.24, 2.45) is 16.6 Å². The standard InChI is InChI=1S/C21H22N4O3/c1-13(12-17(22)26)20(27)24-19-21(28)25(2)16-11-7-6-10-15(16)18(23-19)14-8-4-3-5-9-14/h3-11,13,19H,12H2,1-2H3,(H2,22,26)(H,24,27)/t13-,19?/m1/s1. The van der Waals surface area contributed by atoms with Crippen LogP contribution in [0.3, 0.4) is 0 Å². The first kappa shape index (κ1) is 19.3.